The quantitative estimate of drug-likeness (QED) is 0.426. The largest absolute Gasteiger partial charge is 0.465 e. The monoisotopic (exact) mass is 154 g/mol. The average Bonchev–Trinajstić information content (AvgIpc) is 1.97. The van der Waals surface area contributed by atoms with Crippen molar-refractivity contribution in [2.24, 2.45) is 5.41 Å². The van der Waals surface area contributed by atoms with Gasteiger partial charge in [0.2, 0.25) is 0 Å². The molecule has 1 aliphatic rings. The topological polar surface area (TPSA) is 26.3 Å². The van der Waals surface area contributed by atoms with Gasteiger partial charge in [-0.25, -0.2) is 0 Å². The van der Waals surface area contributed by atoms with Gasteiger partial charge in [0.15, 0.2) is 0 Å². The molecule has 0 spiro atoms. The maximum atomic E-state index is 10.7. The third-order valence-corrected chi connectivity index (χ3v) is 2.03. The number of allylic oxidation sites excluding steroid dienone is 1. The van der Waals surface area contributed by atoms with Gasteiger partial charge in [-0.1, -0.05) is 19.1 Å². The van der Waals surface area contributed by atoms with Gasteiger partial charge in [-0.2, -0.15) is 0 Å². The highest BCUT2D eigenvalue weighted by Crippen LogP contribution is 2.29. The number of hydrogen-bond donors (Lipinski definition) is 0. The van der Waals surface area contributed by atoms with Crippen molar-refractivity contribution in [1.29, 1.82) is 0 Å². The second kappa shape index (κ2) is 3.07. The molecule has 11 heavy (non-hydrogen) atoms. The number of ether oxygens (including phenoxy) is 1. The smallest absolute Gasteiger partial charge is 0.305 e. The van der Waals surface area contributed by atoms with E-state index in [1.54, 1.807) is 0 Å². The van der Waals surface area contributed by atoms with Crippen LogP contribution >= 0.6 is 0 Å². The highest BCUT2D eigenvalue weighted by atomic mass is 16.5. The Kier molecular flexibility index (Phi) is 2.32. The molecule has 0 aromatic heterocycles. The molecule has 1 rings (SSSR count). The van der Waals surface area contributed by atoms with Crippen molar-refractivity contribution in [3.63, 3.8) is 0 Å². The third kappa shape index (κ3) is 2.07. The van der Waals surface area contributed by atoms with E-state index in [9.17, 15) is 4.79 Å². The van der Waals surface area contributed by atoms with Gasteiger partial charge >= 0.3 is 5.97 Å². The molecule has 1 aliphatic heterocycles. The second-order valence-electron chi connectivity index (χ2n) is 3.31. The molecule has 62 valence electrons. The summed E-state index contributed by atoms with van der Waals surface area (Å²) >= 11 is 0. The molecule has 1 saturated heterocycles. The molecule has 0 radical (unpaired) electrons. The number of rotatable bonds is 1. The van der Waals surface area contributed by atoms with Crippen molar-refractivity contribution in [3.05, 3.63) is 12.2 Å². The standard InChI is InChI=1S/C9H14O2/c1-3-5-9(2)6-4-8(10)11-7-9/h3,5H,4,6-7H2,1-2H3. The van der Waals surface area contributed by atoms with E-state index in [1.807, 2.05) is 13.0 Å². The van der Waals surface area contributed by atoms with Crippen LogP contribution in [-0.4, -0.2) is 12.6 Å². The fourth-order valence-corrected chi connectivity index (χ4v) is 1.31. The van der Waals surface area contributed by atoms with E-state index in [-0.39, 0.29) is 11.4 Å². The lowest BCUT2D eigenvalue weighted by Gasteiger charge is -2.29. The molecule has 1 unspecified atom stereocenters. The van der Waals surface area contributed by atoms with Crippen LogP contribution in [0.1, 0.15) is 26.7 Å². The zero-order valence-corrected chi connectivity index (χ0v) is 7.09. The van der Waals surface area contributed by atoms with Crippen molar-refractivity contribution in [3.8, 4) is 0 Å². The van der Waals surface area contributed by atoms with Crippen LogP contribution < -0.4 is 0 Å². The van der Waals surface area contributed by atoms with Crippen LogP contribution in [0.4, 0.5) is 0 Å². The molecule has 0 saturated carbocycles. The Morgan fingerprint density at radius 1 is 1.64 bits per heavy atom. The summed E-state index contributed by atoms with van der Waals surface area (Å²) in [7, 11) is 0. The van der Waals surface area contributed by atoms with Gasteiger partial charge in [0.25, 0.3) is 0 Å². The van der Waals surface area contributed by atoms with E-state index in [4.69, 9.17) is 4.74 Å². The average molecular weight is 154 g/mol. The Balaban J connectivity index is 2.54. The van der Waals surface area contributed by atoms with Gasteiger partial charge in [-0.05, 0) is 13.3 Å². The molecule has 1 heterocycles. The van der Waals surface area contributed by atoms with Crippen LogP contribution in [0.5, 0.6) is 0 Å². The third-order valence-electron chi connectivity index (χ3n) is 2.03. The molecule has 2 nitrogen and oxygen atoms in total. The highest BCUT2D eigenvalue weighted by Gasteiger charge is 2.28. The Hall–Kier alpha value is -0.790. The Bertz CT molecular complexity index is 172. The minimum Gasteiger partial charge on any atom is -0.465 e. The first-order chi connectivity index (χ1) is 5.16. The second-order valence-corrected chi connectivity index (χ2v) is 3.31. The summed E-state index contributed by atoms with van der Waals surface area (Å²) in [5, 5.41) is 0. The molecule has 0 aromatic rings. The van der Waals surface area contributed by atoms with Crippen molar-refractivity contribution in [1.82, 2.24) is 0 Å². The van der Waals surface area contributed by atoms with Gasteiger partial charge in [0.1, 0.15) is 6.61 Å². The Labute approximate surface area is 67.2 Å². The van der Waals surface area contributed by atoms with Crippen LogP contribution in [0.25, 0.3) is 0 Å². The highest BCUT2D eigenvalue weighted by molar-refractivity contribution is 5.70. The molecule has 0 N–H and O–H groups in total. The van der Waals surface area contributed by atoms with Gasteiger partial charge in [-0.3, -0.25) is 4.79 Å². The number of hydrogen-bond acceptors (Lipinski definition) is 2. The molecule has 1 atom stereocenters. The zero-order valence-electron chi connectivity index (χ0n) is 7.09. The summed E-state index contributed by atoms with van der Waals surface area (Å²) in [6.07, 6.45) is 5.59. The van der Waals surface area contributed by atoms with Gasteiger partial charge in [0, 0.05) is 11.8 Å². The zero-order chi connectivity index (χ0) is 8.32. The van der Waals surface area contributed by atoms with Crippen LogP contribution in [0, 0.1) is 5.41 Å². The molecule has 0 aliphatic carbocycles. The predicted octanol–water partition coefficient (Wildman–Crippen LogP) is 1.91. The molecule has 0 aromatic carbocycles. The van der Waals surface area contributed by atoms with Crippen molar-refractivity contribution >= 4 is 5.97 Å². The maximum absolute atomic E-state index is 10.7. The Morgan fingerprint density at radius 2 is 2.36 bits per heavy atom. The van der Waals surface area contributed by atoms with E-state index in [2.05, 4.69) is 13.0 Å². The van der Waals surface area contributed by atoms with Gasteiger partial charge < -0.3 is 4.74 Å². The first kappa shape index (κ1) is 8.31. The van der Waals surface area contributed by atoms with Gasteiger partial charge in [0.05, 0.1) is 0 Å². The number of carbonyl (C=O) groups is 1. The van der Waals surface area contributed by atoms with Crippen molar-refractivity contribution in [2.75, 3.05) is 6.61 Å². The molecule has 1 fully saturated rings. The first-order valence-corrected chi connectivity index (χ1v) is 3.96. The first-order valence-electron chi connectivity index (χ1n) is 3.96. The van der Waals surface area contributed by atoms with Gasteiger partial charge in [-0.15, -0.1) is 0 Å². The molecular weight excluding hydrogens is 140 g/mol. The van der Waals surface area contributed by atoms with Crippen LogP contribution in [0.3, 0.4) is 0 Å². The minimum atomic E-state index is -0.0630. The lowest BCUT2D eigenvalue weighted by atomic mass is 9.84. The molecular formula is C9H14O2. The van der Waals surface area contributed by atoms with Crippen molar-refractivity contribution in [2.45, 2.75) is 26.7 Å². The summed E-state index contributed by atoms with van der Waals surface area (Å²) in [5.74, 6) is -0.0630. The summed E-state index contributed by atoms with van der Waals surface area (Å²) in [6, 6.07) is 0. The number of cyclic esters (lactones) is 1. The summed E-state index contributed by atoms with van der Waals surface area (Å²) in [6.45, 7) is 4.64. The van der Waals surface area contributed by atoms with E-state index < -0.39 is 0 Å². The van der Waals surface area contributed by atoms with Crippen LogP contribution in [0.15, 0.2) is 12.2 Å². The predicted molar refractivity (Wildman–Crippen MR) is 43.1 cm³/mol. The van der Waals surface area contributed by atoms with Crippen LogP contribution in [0.2, 0.25) is 0 Å². The number of carbonyl (C=O) groups excluding carboxylic acids is 1. The van der Waals surface area contributed by atoms with E-state index in [0.29, 0.717) is 13.0 Å². The fraction of sp³-hybridized carbons (Fsp3) is 0.667. The maximum Gasteiger partial charge on any atom is 0.305 e. The summed E-state index contributed by atoms with van der Waals surface area (Å²) in [5.41, 5.74) is 0.0860. The summed E-state index contributed by atoms with van der Waals surface area (Å²) < 4.78 is 4.96. The van der Waals surface area contributed by atoms with E-state index in [1.165, 1.54) is 0 Å². The summed E-state index contributed by atoms with van der Waals surface area (Å²) in [4.78, 5) is 10.7. The van der Waals surface area contributed by atoms with Crippen LogP contribution in [-0.2, 0) is 9.53 Å². The number of esters is 1. The van der Waals surface area contributed by atoms with Crippen molar-refractivity contribution < 1.29 is 9.53 Å². The minimum absolute atomic E-state index is 0.0630. The normalized spacial score (nSPS) is 32.4. The van der Waals surface area contributed by atoms with E-state index >= 15 is 0 Å². The molecule has 2 heteroatoms. The SMILES string of the molecule is CC=CC1(C)CCC(=O)OC1. The lowest BCUT2D eigenvalue weighted by Crippen LogP contribution is -2.29. The molecule has 0 bridgehead atoms. The fourth-order valence-electron chi connectivity index (χ4n) is 1.31. The Morgan fingerprint density at radius 3 is 2.82 bits per heavy atom. The van der Waals surface area contributed by atoms with E-state index in [0.717, 1.165) is 6.42 Å². The lowest BCUT2D eigenvalue weighted by molar-refractivity contribution is -0.151. The molecule has 0 amide bonds.